The van der Waals surface area contributed by atoms with Crippen molar-refractivity contribution in [2.45, 2.75) is 27.2 Å². The van der Waals surface area contributed by atoms with Gasteiger partial charge in [-0.2, -0.15) is 0 Å². The monoisotopic (exact) mass is 195 g/mol. The summed E-state index contributed by atoms with van der Waals surface area (Å²) >= 11 is 0. The Hall–Kier alpha value is -0.820. The maximum atomic E-state index is 3.78. The van der Waals surface area contributed by atoms with Gasteiger partial charge in [0.2, 0.25) is 0 Å². The average molecular weight is 195 g/mol. The molecule has 82 valence electrons. The molecule has 1 heteroatoms. The predicted molar refractivity (Wildman–Crippen MR) is 67.6 cm³/mol. The van der Waals surface area contributed by atoms with Gasteiger partial charge in [0.1, 0.15) is 0 Å². The molecule has 0 N–H and O–H groups in total. The van der Waals surface area contributed by atoms with Gasteiger partial charge in [0, 0.05) is 13.1 Å². The van der Waals surface area contributed by atoms with E-state index in [4.69, 9.17) is 0 Å². The highest BCUT2D eigenvalue weighted by atomic mass is 15.1. The topological polar surface area (TPSA) is 3.24 Å². The van der Waals surface area contributed by atoms with Crippen LogP contribution in [0, 0.1) is 0 Å². The Balaban J connectivity index is 0. The molecule has 0 atom stereocenters. The molecule has 0 aliphatic carbocycles. The molecule has 0 saturated carbocycles. The molecule has 0 bridgehead atoms. The first-order valence-electron chi connectivity index (χ1n) is 5.23. The van der Waals surface area contributed by atoms with Crippen molar-refractivity contribution in [1.82, 2.24) is 4.90 Å². The Morgan fingerprint density at radius 3 is 2.14 bits per heavy atom. The first-order valence-corrected chi connectivity index (χ1v) is 5.23. The summed E-state index contributed by atoms with van der Waals surface area (Å²) in [6.45, 7) is 18.3. The number of nitrogens with zero attached hydrogens (tertiary/aromatic N) is 1. The fourth-order valence-electron chi connectivity index (χ4n) is 1.26. The van der Waals surface area contributed by atoms with Crippen LogP contribution in [0.1, 0.15) is 27.2 Å². The van der Waals surface area contributed by atoms with E-state index in [1.165, 1.54) is 24.1 Å². The second kappa shape index (κ2) is 10.3. The van der Waals surface area contributed by atoms with Gasteiger partial charge >= 0.3 is 0 Å². The number of hydrogen-bond acceptors (Lipinski definition) is 1. The molecule has 14 heavy (non-hydrogen) atoms. The summed E-state index contributed by atoms with van der Waals surface area (Å²) in [5.74, 6) is 0. The average Bonchev–Trinajstić information content (AvgIpc) is 2.27. The highest BCUT2D eigenvalue weighted by Gasteiger charge is 2.09. The Kier molecular flexibility index (Phi) is 11.5. The van der Waals surface area contributed by atoms with Crippen LogP contribution in [0.5, 0.6) is 0 Å². The highest BCUT2D eigenvalue weighted by Crippen LogP contribution is 2.16. The van der Waals surface area contributed by atoms with Crippen LogP contribution in [0.25, 0.3) is 0 Å². The van der Waals surface area contributed by atoms with Crippen LogP contribution >= 0.6 is 0 Å². The van der Waals surface area contributed by atoms with Crippen molar-refractivity contribution < 1.29 is 0 Å². The van der Waals surface area contributed by atoms with E-state index in [2.05, 4.69) is 38.6 Å². The molecule has 1 aliphatic rings. The van der Waals surface area contributed by atoms with Crippen LogP contribution in [0.2, 0.25) is 0 Å². The van der Waals surface area contributed by atoms with E-state index < -0.39 is 0 Å². The molecule has 0 amide bonds. The van der Waals surface area contributed by atoms with E-state index >= 15 is 0 Å². The molecule has 0 unspecified atom stereocenters. The quantitative estimate of drug-likeness (QED) is 0.577. The van der Waals surface area contributed by atoms with Crippen molar-refractivity contribution in [1.29, 1.82) is 0 Å². The van der Waals surface area contributed by atoms with Gasteiger partial charge in [-0.1, -0.05) is 32.1 Å². The van der Waals surface area contributed by atoms with Crippen LogP contribution in [0.15, 0.2) is 37.0 Å². The van der Waals surface area contributed by atoms with Crippen LogP contribution in [0.4, 0.5) is 0 Å². The molecule has 0 spiro atoms. The normalized spacial score (nSPS) is 16.0. The second-order valence-electron chi connectivity index (χ2n) is 3.00. The largest absolute Gasteiger partial charge is 0.302 e. The third-order valence-electron chi connectivity index (χ3n) is 2.10. The van der Waals surface area contributed by atoms with Gasteiger partial charge in [0.15, 0.2) is 0 Å². The van der Waals surface area contributed by atoms with Gasteiger partial charge in [-0.15, -0.1) is 13.2 Å². The number of likely N-dealkylation sites (N-methyl/N-ethyl adjacent to an activating group) is 1. The Labute approximate surface area is 89.8 Å². The number of rotatable bonds is 1. The molecule has 0 aromatic carbocycles. The van der Waals surface area contributed by atoms with Gasteiger partial charge in [0.25, 0.3) is 0 Å². The van der Waals surface area contributed by atoms with E-state index in [-0.39, 0.29) is 0 Å². The van der Waals surface area contributed by atoms with Crippen LogP contribution in [0.3, 0.4) is 0 Å². The van der Waals surface area contributed by atoms with E-state index in [9.17, 15) is 0 Å². The van der Waals surface area contributed by atoms with Crippen molar-refractivity contribution in [2.75, 3.05) is 20.1 Å². The lowest BCUT2D eigenvalue weighted by atomic mass is 10.0. The molecule has 1 nitrogen and oxygen atoms in total. The smallest absolute Gasteiger partial charge is 0.0230 e. The van der Waals surface area contributed by atoms with Gasteiger partial charge in [-0.25, -0.2) is 0 Å². The summed E-state index contributed by atoms with van der Waals surface area (Å²) in [7, 11) is 2.15. The zero-order valence-electron chi connectivity index (χ0n) is 10.3. The maximum Gasteiger partial charge on any atom is 0.0230 e. The fraction of sp³-hybridized carbons (Fsp3) is 0.538. The lowest BCUT2D eigenvalue weighted by Crippen LogP contribution is -2.26. The van der Waals surface area contributed by atoms with E-state index in [1.54, 1.807) is 0 Å². The van der Waals surface area contributed by atoms with Gasteiger partial charge < -0.3 is 4.90 Å². The van der Waals surface area contributed by atoms with Crippen molar-refractivity contribution in [2.24, 2.45) is 0 Å². The zero-order valence-corrected chi connectivity index (χ0v) is 10.3. The molecule has 0 radical (unpaired) electrons. The fourth-order valence-corrected chi connectivity index (χ4v) is 1.26. The summed E-state index contributed by atoms with van der Waals surface area (Å²) in [4.78, 5) is 2.32. The third-order valence-corrected chi connectivity index (χ3v) is 2.10. The summed E-state index contributed by atoms with van der Waals surface area (Å²) in [6.07, 6.45) is 3.18. The van der Waals surface area contributed by atoms with Gasteiger partial charge in [0.05, 0.1) is 0 Å². The summed E-state index contributed by atoms with van der Waals surface area (Å²) in [6, 6.07) is 0. The lowest BCUT2D eigenvalue weighted by Gasteiger charge is -2.24. The molecular formula is C13H25N. The Bertz CT molecular complexity index is 180. The van der Waals surface area contributed by atoms with E-state index in [0.29, 0.717) is 0 Å². The minimum Gasteiger partial charge on any atom is -0.302 e. The summed E-state index contributed by atoms with van der Waals surface area (Å²) in [5.41, 5.74) is 2.92. The van der Waals surface area contributed by atoms with E-state index in [1.807, 2.05) is 19.9 Å². The molecule has 1 heterocycles. The SMILES string of the molecule is C=C.C=CC1=C(C)CCN(C)C1.CC. The van der Waals surface area contributed by atoms with Crippen LogP contribution in [-0.4, -0.2) is 25.0 Å². The van der Waals surface area contributed by atoms with Crippen LogP contribution < -0.4 is 0 Å². The van der Waals surface area contributed by atoms with Crippen LogP contribution in [-0.2, 0) is 0 Å². The Morgan fingerprint density at radius 1 is 1.29 bits per heavy atom. The first-order chi connectivity index (χ1) is 6.74. The summed E-state index contributed by atoms with van der Waals surface area (Å²) < 4.78 is 0. The highest BCUT2D eigenvalue weighted by molar-refractivity contribution is 5.26. The minimum atomic E-state index is 1.08. The molecule has 0 fully saturated rings. The molecule has 1 aliphatic heterocycles. The van der Waals surface area contributed by atoms with Crippen molar-refractivity contribution in [3.05, 3.63) is 37.0 Å². The van der Waals surface area contributed by atoms with Crippen molar-refractivity contribution in [3.8, 4) is 0 Å². The zero-order chi connectivity index (χ0) is 11.6. The second-order valence-corrected chi connectivity index (χ2v) is 3.00. The van der Waals surface area contributed by atoms with Gasteiger partial charge in [-0.3, -0.25) is 0 Å². The standard InChI is InChI=1S/C9H15N.C2H6.C2H4/c1-4-9-7-10(3)6-5-8(9)2;2*1-2/h4H,1,5-7H2,2-3H3;1-2H3;1-2H2. The van der Waals surface area contributed by atoms with Crippen molar-refractivity contribution >= 4 is 0 Å². The molecular weight excluding hydrogens is 170 g/mol. The summed E-state index contributed by atoms with van der Waals surface area (Å²) in [5, 5.41) is 0. The number of hydrogen-bond donors (Lipinski definition) is 0. The maximum absolute atomic E-state index is 3.78. The molecule has 1 rings (SSSR count). The molecule has 0 aromatic rings. The molecule has 0 saturated heterocycles. The Morgan fingerprint density at radius 2 is 1.79 bits per heavy atom. The third kappa shape index (κ3) is 5.76. The first kappa shape index (κ1) is 15.6. The lowest BCUT2D eigenvalue weighted by molar-refractivity contribution is 0.351. The minimum absolute atomic E-state index is 1.08. The van der Waals surface area contributed by atoms with E-state index in [0.717, 1.165) is 6.54 Å². The molecule has 0 aromatic heterocycles. The van der Waals surface area contributed by atoms with Gasteiger partial charge in [-0.05, 0) is 26.0 Å². The van der Waals surface area contributed by atoms with Crippen molar-refractivity contribution in [3.63, 3.8) is 0 Å². The predicted octanol–water partition coefficient (Wildman–Crippen LogP) is 3.65.